The van der Waals surface area contributed by atoms with Gasteiger partial charge in [0.25, 0.3) is 0 Å². The Morgan fingerprint density at radius 3 is 2.84 bits per heavy atom. The standard InChI is InChI=1S/C14H20N4S/c1-4-15-14-17-12(16-7-10-5-8(10)2)11-6-9(3)19-13(11)18-14/h6,8,10H,4-5,7H2,1-3H3,(H2,15,16,17,18). The Morgan fingerprint density at radius 1 is 1.37 bits per heavy atom. The Bertz CT molecular complexity index is 592. The lowest BCUT2D eigenvalue weighted by Crippen LogP contribution is -2.09. The minimum Gasteiger partial charge on any atom is -0.369 e. The molecule has 0 amide bonds. The highest BCUT2D eigenvalue weighted by Crippen LogP contribution is 2.38. The van der Waals surface area contributed by atoms with Crippen molar-refractivity contribution in [3.63, 3.8) is 0 Å². The molecule has 19 heavy (non-hydrogen) atoms. The van der Waals surface area contributed by atoms with Gasteiger partial charge in [-0.2, -0.15) is 4.98 Å². The first kappa shape index (κ1) is 12.7. The van der Waals surface area contributed by atoms with Crippen LogP contribution in [0.4, 0.5) is 11.8 Å². The van der Waals surface area contributed by atoms with E-state index in [2.05, 4.69) is 47.4 Å². The zero-order valence-electron chi connectivity index (χ0n) is 11.7. The maximum Gasteiger partial charge on any atom is 0.226 e. The number of nitrogens with zero attached hydrogens (tertiary/aromatic N) is 2. The lowest BCUT2D eigenvalue weighted by atomic mass is 10.3. The molecule has 2 aromatic heterocycles. The molecule has 0 aliphatic heterocycles. The molecule has 1 saturated carbocycles. The average Bonchev–Trinajstić information content (AvgIpc) is 2.93. The molecule has 0 bridgehead atoms. The summed E-state index contributed by atoms with van der Waals surface area (Å²) in [6.07, 6.45) is 1.34. The first-order valence-electron chi connectivity index (χ1n) is 6.93. The normalized spacial score (nSPS) is 21.6. The van der Waals surface area contributed by atoms with Crippen molar-refractivity contribution < 1.29 is 0 Å². The predicted octanol–water partition coefficient (Wildman–Crippen LogP) is 3.50. The summed E-state index contributed by atoms with van der Waals surface area (Å²) < 4.78 is 0. The van der Waals surface area contributed by atoms with Crippen molar-refractivity contribution in [3.05, 3.63) is 10.9 Å². The molecule has 1 aliphatic carbocycles. The van der Waals surface area contributed by atoms with Crippen LogP contribution in [0.1, 0.15) is 25.1 Å². The number of hydrogen-bond acceptors (Lipinski definition) is 5. The Hall–Kier alpha value is -1.36. The lowest BCUT2D eigenvalue weighted by Gasteiger charge is -2.08. The Morgan fingerprint density at radius 2 is 2.16 bits per heavy atom. The fourth-order valence-corrected chi connectivity index (χ4v) is 3.20. The molecule has 2 N–H and O–H groups in total. The van der Waals surface area contributed by atoms with E-state index in [0.29, 0.717) is 0 Å². The SMILES string of the molecule is CCNc1nc(NCC2CC2C)c2cc(C)sc2n1. The first-order chi connectivity index (χ1) is 9.17. The minimum absolute atomic E-state index is 0.725. The number of aryl methyl sites for hydroxylation is 1. The van der Waals surface area contributed by atoms with Crippen molar-refractivity contribution in [1.29, 1.82) is 0 Å². The summed E-state index contributed by atoms with van der Waals surface area (Å²) in [5, 5.41) is 7.86. The van der Waals surface area contributed by atoms with Crippen LogP contribution in [0.2, 0.25) is 0 Å². The van der Waals surface area contributed by atoms with Crippen molar-refractivity contribution in [3.8, 4) is 0 Å². The summed E-state index contributed by atoms with van der Waals surface area (Å²) in [5.74, 6) is 3.38. The molecule has 102 valence electrons. The molecule has 0 aromatic carbocycles. The number of nitrogens with one attached hydrogen (secondary N) is 2. The summed E-state index contributed by atoms with van der Waals surface area (Å²) in [6.45, 7) is 8.35. The third-order valence-electron chi connectivity index (χ3n) is 3.66. The van der Waals surface area contributed by atoms with Crippen LogP contribution < -0.4 is 10.6 Å². The zero-order valence-corrected chi connectivity index (χ0v) is 12.5. The van der Waals surface area contributed by atoms with Gasteiger partial charge in [0, 0.05) is 18.0 Å². The van der Waals surface area contributed by atoms with E-state index in [1.165, 1.54) is 11.3 Å². The van der Waals surface area contributed by atoms with Gasteiger partial charge < -0.3 is 10.6 Å². The van der Waals surface area contributed by atoms with Gasteiger partial charge in [-0.3, -0.25) is 0 Å². The van der Waals surface area contributed by atoms with Gasteiger partial charge >= 0.3 is 0 Å². The quantitative estimate of drug-likeness (QED) is 0.877. The van der Waals surface area contributed by atoms with Crippen molar-refractivity contribution in [2.24, 2.45) is 11.8 Å². The molecule has 3 rings (SSSR count). The Kier molecular flexibility index (Phi) is 3.31. The number of rotatable bonds is 5. The Labute approximate surface area is 117 Å². The highest BCUT2D eigenvalue weighted by molar-refractivity contribution is 7.18. The molecule has 5 heteroatoms. The second-order valence-electron chi connectivity index (χ2n) is 5.36. The van der Waals surface area contributed by atoms with E-state index in [4.69, 9.17) is 0 Å². The number of fused-ring (bicyclic) bond motifs is 1. The fraction of sp³-hybridized carbons (Fsp3) is 0.571. The molecular formula is C14H20N4S. The molecule has 2 unspecified atom stereocenters. The van der Waals surface area contributed by atoms with Crippen molar-refractivity contribution in [2.75, 3.05) is 23.7 Å². The van der Waals surface area contributed by atoms with Crippen LogP contribution in [-0.2, 0) is 0 Å². The van der Waals surface area contributed by atoms with Crippen LogP contribution in [0, 0.1) is 18.8 Å². The minimum atomic E-state index is 0.725. The summed E-state index contributed by atoms with van der Waals surface area (Å²) in [5.41, 5.74) is 0. The van der Waals surface area contributed by atoms with E-state index in [0.717, 1.165) is 46.9 Å². The molecule has 0 spiro atoms. The Balaban J connectivity index is 1.89. The van der Waals surface area contributed by atoms with Gasteiger partial charge in [-0.25, -0.2) is 4.98 Å². The molecule has 2 atom stereocenters. The third-order valence-corrected chi connectivity index (χ3v) is 4.60. The number of anilines is 2. The second-order valence-corrected chi connectivity index (χ2v) is 6.59. The van der Waals surface area contributed by atoms with Crippen LogP contribution in [-0.4, -0.2) is 23.1 Å². The van der Waals surface area contributed by atoms with Crippen LogP contribution in [0.3, 0.4) is 0 Å². The van der Waals surface area contributed by atoms with Gasteiger partial charge in [0.1, 0.15) is 10.6 Å². The average molecular weight is 276 g/mol. The van der Waals surface area contributed by atoms with Crippen LogP contribution >= 0.6 is 11.3 Å². The van der Waals surface area contributed by atoms with Crippen molar-refractivity contribution in [2.45, 2.75) is 27.2 Å². The maximum atomic E-state index is 4.60. The molecule has 0 saturated heterocycles. The van der Waals surface area contributed by atoms with Crippen LogP contribution in [0.25, 0.3) is 10.2 Å². The first-order valence-corrected chi connectivity index (χ1v) is 7.75. The van der Waals surface area contributed by atoms with Crippen molar-refractivity contribution in [1.82, 2.24) is 9.97 Å². The lowest BCUT2D eigenvalue weighted by molar-refractivity contribution is 0.785. The van der Waals surface area contributed by atoms with E-state index >= 15 is 0 Å². The van der Waals surface area contributed by atoms with Crippen LogP contribution in [0.15, 0.2) is 6.07 Å². The number of aromatic nitrogens is 2. The van der Waals surface area contributed by atoms with E-state index in [1.54, 1.807) is 11.3 Å². The topological polar surface area (TPSA) is 49.8 Å². The highest BCUT2D eigenvalue weighted by atomic mass is 32.1. The molecule has 0 radical (unpaired) electrons. The van der Waals surface area contributed by atoms with Crippen LogP contribution in [0.5, 0.6) is 0 Å². The van der Waals surface area contributed by atoms with Gasteiger partial charge in [0.2, 0.25) is 5.95 Å². The molecular weight excluding hydrogens is 256 g/mol. The van der Waals surface area contributed by atoms with E-state index in [9.17, 15) is 0 Å². The number of thiophene rings is 1. The van der Waals surface area contributed by atoms with Gasteiger partial charge in [-0.15, -0.1) is 11.3 Å². The van der Waals surface area contributed by atoms with E-state index in [1.807, 2.05) is 0 Å². The third kappa shape index (κ3) is 2.66. The predicted molar refractivity (Wildman–Crippen MR) is 82.1 cm³/mol. The fourth-order valence-electron chi connectivity index (χ4n) is 2.33. The number of hydrogen-bond donors (Lipinski definition) is 2. The van der Waals surface area contributed by atoms with E-state index < -0.39 is 0 Å². The summed E-state index contributed by atoms with van der Waals surface area (Å²) in [4.78, 5) is 11.5. The second kappa shape index (κ2) is 4.96. The van der Waals surface area contributed by atoms with Gasteiger partial charge in [0.15, 0.2) is 0 Å². The van der Waals surface area contributed by atoms with E-state index in [-0.39, 0.29) is 0 Å². The zero-order chi connectivity index (χ0) is 13.4. The summed E-state index contributed by atoms with van der Waals surface area (Å²) in [6, 6.07) is 2.17. The van der Waals surface area contributed by atoms with Gasteiger partial charge in [0.05, 0.1) is 5.39 Å². The van der Waals surface area contributed by atoms with Gasteiger partial charge in [-0.1, -0.05) is 6.92 Å². The van der Waals surface area contributed by atoms with Crippen molar-refractivity contribution >= 4 is 33.3 Å². The summed E-state index contributed by atoms with van der Waals surface area (Å²) in [7, 11) is 0. The smallest absolute Gasteiger partial charge is 0.226 e. The maximum absolute atomic E-state index is 4.60. The molecule has 1 fully saturated rings. The monoisotopic (exact) mass is 276 g/mol. The van der Waals surface area contributed by atoms with Gasteiger partial charge in [-0.05, 0) is 38.2 Å². The molecule has 2 aromatic rings. The molecule has 2 heterocycles. The summed E-state index contributed by atoms with van der Waals surface area (Å²) >= 11 is 1.73. The highest BCUT2D eigenvalue weighted by Gasteiger charge is 2.32. The largest absolute Gasteiger partial charge is 0.369 e. The molecule has 4 nitrogen and oxygen atoms in total. The molecule has 1 aliphatic rings.